The molecule has 1 aliphatic rings. The summed E-state index contributed by atoms with van der Waals surface area (Å²) in [5, 5.41) is 14.4. The summed E-state index contributed by atoms with van der Waals surface area (Å²) >= 11 is 3.40. The number of amides is 1. The van der Waals surface area contributed by atoms with E-state index in [1.165, 1.54) is 6.07 Å². The molecule has 4 rings (SSSR count). The number of carbonyl (C=O) groups excluding carboxylic acids is 1. The number of carbonyl (C=O) groups is 1. The van der Waals surface area contributed by atoms with E-state index >= 15 is 0 Å². The Balaban J connectivity index is 1.44. The smallest absolute Gasteiger partial charge is 0.293 e. The first-order chi connectivity index (χ1) is 15.0. The van der Waals surface area contributed by atoms with Gasteiger partial charge in [0.1, 0.15) is 17.2 Å². The van der Waals surface area contributed by atoms with Gasteiger partial charge < -0.3 is 14.6 Å². The lowest BCUT2D eigenvalue weighted by atomic mass is 10.1. The van der Waals surface area contributed by atoms with Gasteiger partial charge in [-0.3, -0.25) is 14.9 Å². The van der Waals surface area contributed by atoms with Crippen LogP contribution in [-0.4, -0.2) is 23.9 Å². The maximum absolute atomic E-state index is 12.6. The normalized spacial score (nSPS) is 13.8. The molecule has 31 heavy (non-hydrogen) atoms. The zero-order valence-corrected chi connectivity index (χ0v) is 18.4. The summed E-state index contributed by atoms with van der Waals surface area (Å²) in [6, 6.07) is 16.1. The van der Waals surface area contributed by atoms with E-state index in [9.17, 15) is 14.9 Å². The lowest BCUT2D eigenvalue weighted by Gasteiger charge is -2.28. The number of benzene rings is 2. The summed E-state index contributed by atoms with van der Waals surface area (Å²) in [4.78, 5) is 25.8. The third-order valence-electron chi connectivity index (χ3n) is 5.34. The van der Waals surface area contributed by atoms with Crippen LogP contribution >= 0.6 is 15.9 Å². The van der Waals surface area contributed by atoms with Crippen molar-refractivity contribution in [3.05, 3.63) is 80.5 Å². The van der Waals surface area contributed by atoms with Gasteiger partial charge in [-0.15, -0.1) is 0 Å². The predicted octanol–water partition coefficient (Wildman–Crippen LogP) is 5.54. The molecular weight excluding hydrogens is 462 g/mol. The molecule has 1 fully saturated rings. The summed E-state index contributed by atoms with van der Waals surface area (Å²) in [5.41, 5.74) is 1.73. The number of hydrogen-bond acceptors (Lipinski definition) is 5. The largest absolute Gasteiger partial charge is 0.459 e. The van der Waals surface area contributed by atoms with Crippen LogP contribution in [0.2, 0.25) is 0 Å². The minimum atomic E-state index is -0.419. The second kappa shape index (κ2) is 9.34. The molecule has 160 valence electrons. The Morgan fingerprint density at radius 3 is 2.52 bits per heavy atom. The molecule has 0 aliphatic carbocycles. The van der Waals surface area contributed by atoms with Crippen molar-refractivity contribution in [2.75, 3.05) is 18.0 Å². The molecule has 7 nitrogen and oxygen atoms in total. The fraction of sp³-hybridized carbons (Fsp3) is 0.261. The van der Waals surface area contributed by atoms with E-state index in [-0.39, 0.29) is 23.7 Å². The number of rotatable bonds is 6. The molecule has 8 heteroatoms. The molecule has 1 aromatic heterocycles. The van der Waals surface area contributed by atoms with E-state index in [1.807, 2.05) is 35.2 Å². The summed E-state index contributed by atoms with van der Waals surface area (Å²) < 4.78 is 6.79. The highest BCUT2D eigenvalue weighted by atomic mass is 79.9. The van der Waals surface area contributed by atoms with Gasteiger partial charge in [0.15, 0.2) is 0 Å². The van der Waals surface area contributed by atoms with Gasteiger partial charge in [-0.2, -0.15) is 0 Å². The van der Waals surface area contributed by atoms with Crippen molar-refractivity contribution in [2.24, 2.45) is 0 Å². The molecule has 1 N–H and O–H groups in total. The van der Waals surface area contributed by atoms with Crippen molar-refractivity contribution in [3.8, 4) is 11.3 Å². The first-order valence-corrected chi connectivity index (χ1v) is 11.0. The van der Waals surface area contributed by atoms with Crippen molar-refractivity contribution >= 4 is 33.2 Å². The van der Waals surface area contributed by atoms with Gasteiger partial charge in [0.25, 0.3) is 11.6 Å². The second-order valence-electron chi connectivity index (χ2n) is 7.46. The molecule has 0 spiro atoms. The van der Waals surface area contributed by atoms with Crippen LogP contribution in [0.5, 0.6) is 0 Å². The lowest BCUT2D eigenvalue weighted by molar-refractivity contribution is -0.384. The predicted molar refractivity (Wildman–Crippen MR) is 122 cm³/mol. The molecule has 2 aromatic carbocycles. The molecule has 1 saturated heterocycles. The number of halogens is 1. The molecule has 1 amide bonds. The number of piperidine rings is 1. The van der Waals surface area contributed by atoms with Crippen LogP contribution in [0.1, 0.15) is 35.4 Å². The van der Waals surface area contributed by atoms with Gasteiger partial charge in [0.05, 0.1) is 11.5 Å². The topological polar surface area (TPSA) is 88.6 Å². The minimum Gasteiger partial charge on any atom is -0.459 e. The zero-order chi connectivity index (χ0) is 21.8. The molecule has 0 saturated carbocycles. The summed E-state index contributed by atoms with van der Waals surface area (Å²) in [6.07, 6.45) is 3.18. The Morgan fingerprint density at radius 2 is 1.81 bits per heavy atom. The van der Waals surface area contributed by atoms with E-state index < -0.39 is 4.92 Å². The van der Waals surface area contributed by atoms with Crippen molar-refractivity contribution in [1.82, 2.24) is 5.32 Å². The maximum atomic E-state index is 12.6. The third kappa shape index (κ3) is 4.96. The van der Waals surface area contributed by atoms with Gasteiger partial charge in [0, 0.05) is 34.8 Å². The Bertz CT molecular complexity index is 1090. The van der Waals surface area contributed by atoms with E-state index in [0.717, 1.165) is 42.4 Å². The third-order valence-corrected chi connectivity index (χ3v) is 5.87. The molecule has 3 aromatic rings. The van der Waals surface area contributed by atoms with Crippen LogP contribution < -0.4 is 10.2 Å². The maximum Gasteiger partial charge on any atom is 0.293 e. The Hall–Kier alpha value is -3.13. The van der Waals surface area contributed by atoms with Gasteiger partial charge >= 0.3 is 0 Å². The monoisotopic (exact) mass is 483 g/mol. The first kappa shape index (κ1) is 21.1. The van der Waals surface area contributed by atoms with E-state index in [0.29, 0.717) is 17.2 Å². The van der Waals surface area contributed by atoms with E-state index in [4.69, 9.17) is 4.42 Å². The van der Waals surface area contributed by atoms with Crippen LogP contribution in [0.15, 0.2) is 63.5 Å². The molecule has 0 radical (unpaired) electrons. The van der Waals surface area contributed by atoms with Gasteiger partial charge in [-0.25, -0.2) is 0 Å². The average molecular weight is 484 g/mol. The van der Waals surface area contributed by atoms with Crippen LogP contribution in [0.25, 0.3) is 11.3 Å². The SMILES string of the molecule is O=C(NCc1ccc(-c2ccc(Br)cc2)o1)c1ccc(N2CCCCC2)c([N+](=O)[O-])c1. The number of nitro benzene ring substituents is 1. The van der Waals surface area contributed by atoms with Gasteiger partial charge in [0.2, 0.25) is 0 Å². The quantitative estimate of drug-likeness (QED) is 0.367. The van der Waals surface area contributed by atoms with Crippen LogP contribution in [0.3, 0.4) is 0 Å². The van der Waals surface area contributed by atoms with Crippen molar-refractivity contribution in [2.45, 2.75) is 25.8 Å². The fourth-order valence-corrected chi connectivity index (χ4v) is 3.99. The average Bonchev–Trinajstić information content (AvgIpc) is 3.27. The summed E-state index contributed by atoms with van der Waals surface area (Å²) in [6.45, 7) is 1.79. The Kier molecular flexibility index (Phi) is 6.36. The Labute approximate surface area is 188 Å². The van der Waals surface area contributed by atoms with Crippen LogP contribution in [-0.2, 0) is 6.54 Å². The molecule has 0 unspecified atom stereocenters. The zero-order valence-electron chi connectivity index (χ0n) is 16.8. The number of nitrogens with one attached hydrogen (secondary N) is 1. The molecule has 1 aliphatic heterocycles. The van der Waals surface area contributed by atoms with Gasteiger partial charge in [-0.05, 0) is 55.7 Å². The number of anilines is 1. The highest BCUT2D eigenvalue weighted by molar-refractivity contribution is 9.10. The molecule has 0 atom stereocenters. The number of furan rings is 1. The number of nitro groups is 1. The second-order valence-corrected chi connectivity index (χ2v) is 8.38. The highest BCUT2D eigenvalue weighted by Gasteiger charge is 2.23. The van der Waals surface area contributed by atoms with E-state index in [2.05, 4.69) is 21.2 Å². The van der Waals surface area contributed by atoms with Crippen molar-refractivity contribution in [1.29, 1.82) is 0 Å². The molecule has 2 heterocycles. The van der Waals surface area contributed by atoms with Crippen LogP contribution in [0.4, 0.5) is 11.4 Å². The minimum absolute atomic E-state index is 0.0370. The standard InChI is InChI=1S/C23H22BrN3O4/c24-18-7-4-16(5-8-18)22-11-9-19(31-22)15-25-23(28)17-6-10-20(21(14-17)27(29)30)26-12-2-1-3-13-26/h4-11,14H,1-3,12-13,15H2,(H,25,28). The number of hydrogen-bond donors (Lipinski definition) is 1. The van der Waals surface area contributed by atoms with Crippen LogP contribution in [0, 0.1) is 10.1 Å². The molecular formula is C23H22BrN3O4. The van der Waals surface area contributed by atoms with E-state index in [1.54, 1.807) is 18.2 Å². The van der Waals surface area contributed by atoms with Gasteiger partial charge in [-0.1, -0.05) is 28.1 Å². The first-order valence-electron chi connectivity index (χ1n) is 10.2. The van der Waals surface area contributed by atoms with Crippen molar-refractivity contribution < 1.29 is 14.1 Å². The summed E-state index contributed by atoms with van der Waals surface area (Å²) in [5.74, 6) is 0.930. The van der Waals surface area contributed by atoms with Crippen molar-refractivity contribution in [3.63, 3.8) is 0 Å². The molecule has 0 bridgehead atoms. The number of nitrogens with zero attached hydrogens (tertiary/aromatic N) is 2. The fourth-order valence-electron chi connectivity index (χ4n) is 3.72. The summed E-state index contributed by atoms with van der Waals surface area (Å²) in [7, 11) is 0. The lowest BCUT2D eigenvalue weighted by Crippen LogP contribution is -2.30. The Morgan fingerprint density at radius 1 is 1.06 bits per heavy atom. The highest BCUT2D eigenvalue weighted by Crippen LogP contribution is 2.31.